The van der Waals surface area contributed by atoms with Crippen LogP contribution in [0.5, 0.6) is 0 Å². The number of hydrogen-bond donors (Lipinski definition) is 2. The van der Waals surface area contributed by atoms with Crippen LogP contribution in [0.1, 0.15) is 28.8 Å². The lowest BCUT2D eigenvalue weighted by Gasteiger charge is -2.40. The molecule has 4 heterocycles. The zero-order chi connectivity index (χ0) is 28.0. The number of halogens is 1. The smallest absolute Gasteiger partial charge is 0.325 e. The van der Waals surface area contributed by atoms with E-state index in [9.17, 15) is 19.2 Å². The van der Waals surface area contributed by atoms with E-state index in [4.69, 9.17) is 17.3 Å². The van der Waals surface area contributed by atoms with Crippen molar-refractivity contribution in [2.24, 2.45) is 11.1 Å². The molecule has 13 heteroatoms. The molecule has 3 aromatic rings. The summed E-state index contributed by atoms with van der Waals surface area (Å²) in [4.78, 5) is 66.6. The van der Waals surface area contributed by atoms with Gasteiger partial charge in [0.2, 0.25) is 5.91 Å². The number of nitrogens with zero attached hydrogens (tertiary/aromatic N) is 6. The molecule has 3 N–H and O–H groups in total. The standard InChI is InChI=1S/C27H29ClN8O4/c28-18-3-1-17(2-4-18)12-31-24(38)19-11-20-23(30-13-21(32-20)35-10-9-33(8-7-29)26(35)40)36(25(19)39)14-22(37)34-15-27(16-34)5-6-27/h1-4,11,13H,5-10,12,14-16,29H2,(H,31,38). The summed E-state index contributed by atoms with van der Waals surface area (Å²) in [5.74, 6) is -0.528. The van der Waals surface area contributed by atoms with Gasteiger partial charge < -0.3 is 20.9 Å². The number of benzene rings is 1. The maximum Gasteiger partial charge on any atom is 0.325 e. The minimum Gasteiger partial charge on any atom is -0.348 e. The first-order valence-electron chi connectivity index (χ1n) is 13.2. The third-order valence-corrected chi connectivity index (χ3v) is 8.07. The van der Waals surface area contributed by atoms with Crippen molar-refractivity contribution in [1.82, 2.24) is 29.7 Å². The normalized spacial score (nSPS) is 17.4. The van der Waals surface area contributed by atoms with E-state index < -0.39 is 11.5 Å². The predicted octanol–water partition coefficient (Wildman–Crippen LogP) is 1.20. The molecule has 12 nitrogen and oxygen atoms in total. The predicted molar refractivity (Wildman–Crippen MR) is 148 cm³/mol. The fourth-order valence-electron chi connectivity index (χ4n) is 5.28. The summed E-state index contributed by atoms with van der Waals surface area (Å²) in [5, 5.41) is 3.33. The van der Waals surface area contributed by atoms with E-state index in [2.05, 4.69) is 15.3 Å². The summed E-state index contributed by atoms with van der Waals surface area (Å²) in [7, 11) is 0. The van der Waals surface area contributed by atoms with Gasteiger partial charge in [-0.05, 0) is 36.6 Å². The van der Waals surface area contributed by atoms with E-state index >= 15 is 0 Å². The molecule has 0 bridgehead atoms. The monoisotopic (exact) mass is 564 g/mol. The van der Waals surface area contributed by atoms with Gasteiger partial charge in [-0.3, -0.25) is 23.9 Å². The largest absolute Gasteiger partial charge is 0.348 e. The molecule has 4 amide bonds. The number of nitrogens with one attached hydrogen (secondary N) is 1. The topological polar surface area (TPSA) is 147 Å². The molecule has 0 unspecified atom stereocenters. The molecule has 0 atom stereocenters. The Labute approximate surface area is 234 Å². The molecule has 0 radical (unpaired) electrons. The van der Waals surface area contributed by atoms with E-state index in [0.717, 1.165) is 18.4 Å². The van der Waals surface area contributed by atoms with Crippen molar-refractivity contribution in [3.8, 4) is 0 Å². The lowest BCUT2D eigenvalue weighted by molar-refractivity contribution is -0.139. The SMILES string of the molecule is NCCN1CCN(c2cnc3c(cc(C(=O)NCc4ccc(Cl)cc4)c(=O)n3CC(=O)N3CC4(CC4)C3)n2)C1=O. The van der Waals surface area contributed by atoms with E-state index in [1.54, 1.807) is 34.1 Å². The molecular formula is C27H29ClN8O4. The third-order valence-electron chi connectivity index (χ3n) is 7.82. The Bertz CT molecular complexity index is 1560. The quantitative estimate of drug-likeness (QED) is 0.418. The number of carbonyl (C=O) groups excluding carboxylic acids is 3. The van der Waals surface area contributed by atoms with Crippen LogP contribution in [-0.2, 0) is 17.9 Å². The Kier molecular flexibility index (Phi) is 6.67. The fourth-order valence-corrected chi connectivity index (χ4v) is 5.40. The molecule has 3 fully saturated rings. The molecule has 1 spiro atoms. The lowest BCUT2D eigenvalue weighted by Crippen LogP contribution is -2.53. The Morgan fingerprint density at radius 1 is 1.10 bits per heavy atom. The maximum absolute atomic E-state index is 13.6. The van der Waals surface area contributed by atoms with Crippen LogP contribution in [-0.4, -0.2) is 81.4 Å². The van der Waals surface area contributed by atoms with E-state index in [-0.39, 0.29) is 47.2 Å². The van der Waals surface area contributed by atoms with Crippen molar-refractivity contribution in [2.75, 3.05) is 44.2 Å². The summed E-state index contributed by atoms with van der Waals surface area (Å²) in [6, 6.07) is 8.11. The number of pyridine rings is 1. The number of carbonyl (C=O) groups is 3. The zero-order valence-electron chi connectivity index (χ0n) is 21.8. The highest BCUT2D eigenvalue weighted by Gasteiger charge is 2.53. The summed E-state index contributed by atoms with van der Waals surface area (Å²) in [6.45, 7) is 2.96. The number of urea groups is 1. The highest BCUT2D eigenvalue weighted by atomic mass is 35.5. The van der Waals surface area contributed by atoms with Crippen LogP contribution in [0.25, 0.3) is 11.2 Å². The molecule has 2 saturated heterocycles. The summed E-state index contributed by atoms with van der Waals surface area (Å²) in [6.07, 6.45) is 3.65. The zero-order valence-corrected chi connectivity index (χ0v) is 22.6. The lowest BCUT2D eigenvalue weighted by atomic mass is 9.97. The molecule has 2 aromatic heterocycles. The van der Waals surface area contributed by atoms with Gasteiger partial charge in [0, 0.05) is 56.3 Å². The molecule has 3 aliphatic rings. The van der Waals surface area contributed by atoms with Crippen LogP contribution >= 0.6 is 11.6 Å². The van der Waals surface area contributed by atoms with Crippen LogP contribution in [0.2, 0.25) is 5.02 Å². The van der Waals surface area contributed by atoms with Crippen molar-refractivity contribution in [2.45, 2.75) is 25.9 Å². The van der Waals surface area contributed by atoms with Crippen molar-refractivity contribution in [1.29, 1.82) is 0 Å². The third kappa shape index (κ3) is 4.88. The minimum absolute atomic E-state index is 0.166. The van der Waals surface area contributed by atoms with Gasteiger partial charge in [0.15, 0.2) is 11.5 Å². The molecule has 6 rings (SSSR count). The van der Waals surface area contributed by atoms with Gasteiger partial charge in [-0.15, -0.1) is 0 Å². The summed E-state index contributed by atoms with van der Waals surface area (Å²) < 4.78 is 1.20. The van der Waals surface area contributed by atoms with Crippen LogP contribution in [0.15, 0.2) is 41.3 Å². The van der Waals surface area contributed by atoms with E-state index in [1.165, 1.54) is 21.7 Å². The Hall–Kier alpha value is -4.03. The number of likely N-dealkylation sites (tertiary alicyclic amines) is 1. The second-order valence-electron chi connectivity index (χ2n) is 10.7. The molecule has 208 valence electrons. The number of amides is 4. The van der Waals surface area contributed by atoms with Crippen molar-refractivity contribution < 1.29 is 14.4 Å². The highest BCUT2D eigenvalue weighted by molar-refractivity contribution is 6.30. The van der Waals surface area contributed by atoms with Gasteiger partial charge in [0.1, 0.15) is 17.6 Å². The molecule has 1 aromatic carbocycles. The molecule has 2 aliphatic heterocycles. The second kappa shape index (κ2) is 10.2. The highest BCUT2D eigenvalue weighted by Crippen LogP contribution is 2.52. The van der Waals surface area contributed by atoms with Crippen LogP contribution in [0.3, 0.4) is 0 Å². The molecular weight excluding hydrogens is 536 g/mol. The van der Waals surface area contributed by atoms with Crippen molar-refractivity contribution in [3.63, 3.8) is 0 Å². The van der Waals surface area contributed by atoms with E-state index in [0.29, 0.717) is 50.1 Å². The maximum atomic E-state index is 13.6. The Balaban J connectivity index is 1.32. The number of rotatable bonds is 8. The summed E-state index contributed by atoms with van der Waals surface area (Å²) in [5.41, 5.74) is 6.29. The van der Waals surface area contributed by atoms with Gasteiger partial charge in [-0.1, -0.05) is 23.7 Å². The Morgan fingerprint density at radius 2 is 1.85 bits per heavy atom. The van der Waals surface area contributed by atoms with Gasteiger partial charge >= 0.3 is 6.03 Å². The molecule has 40 heavy (non-hydrogen) atoms. The first-order chi connectivity index (χ1) is 19.3. The van der Waals surface area contributed by atoms with Crippen molar-refractivity contribution >= 4 is 46.4 Å². The molecule has 1 saturated carbocycles. The number of hydrogen-bond acceptors (Lipinski definition) is 7. The number of aromatic nitrogens is 3. The number of fused-ring (bicyclic) bond motifs is 1. The number of anilines is 1. The number of nitrogens with two attached hydrogens (primary N) is 1. The van der Waals surface area contributed by atoms with Crippen LogP contribution < -0.4 is 21.5 Å². The van der Waals surface area contributed by atoms with Crippen LogP contribution in [0.4, 0.5) is 10.6 Å². The van der Waals surface area contributed by atoms with Gasteiger partial charge in [0.25, 0.3) is 11.5 Å². The first kappa shape index (κ1) is 26.2. The van der Waals surface area contributed by atoms with Gasteiger partial charge in [-0.25, -0.2) is 14.8 Å². The minimum atomic E-state index is -0.635. The van der Waals surface area contributed by atoms with Gasteiger partial charge in [-0.2, -0.15) is 0 Å². The first-order valence-corrected chi connectivity index (χ1v) is 13.6. The van der Waals surface area contributed by atoms with E-state index in [1.807, 2.05) is 0 Å². The average Bonchev–Trinajstić information content (AvgIpc) is 3.66. The van der Waals surface area contributed by atoms with Gasteiger partial charge in [0.05, 0.1) is 6.20 Å². The van der Waals surface area contributed by atoms with Crippen molar-refractivity contribution in [3.05, 3.63) is 63.0 Å². The van der Waals surface area contributed by atoms with Crippen LogP contribution in [0, 0.1) is 5.41 Å². The second-order valence-corrected chi connectivity index (χ2v) is 11.1. The fraction of sp³-hybridized carbons (Fsp3) is 0.407. The Morgan fingerprint density at radius 3 is 2.55 bits per heavy atom. The molecule has 1 aliphatic carbocycles. The summed E-state index contributed by atoms with van der Waals surface area (Å²) >= 11 is 5.95. The average molecular weight is 565 g/mol.